The number of urea groups is 3. The molecule has 8 aromatic rings. The van der Waals surface area contributed by atoms with Crippen LogP contribution in [0.4, 0.5) is 65.6 Å². The maximum absolute atomic E-state index is 13.0. The number of carbonyl (C=O) groups is 7. The summed E-state index contributed by atoms with van der Waals surface area (Å²) in [5.74, 6) is 4.61. The van der Waals surface area contributed by atoms with Gasteiger partial charge in [0, 0.05) is 114 Å². The first-order chi connectivity index (χ1) is 54.9. The summed E-state index contributed by atoms with van der Waals surface area (Å²) >= 11 is 0. The third-order valence-electron chi connectivity index (χ3n) is 20.8. The van der Waals surface area contributed by atoms with Crippen LogP contribution in [0.15, 0.2) is 176 Å². The maximum Gasteiger partial charge on any atom is 0.325 e. The summed E-state index contributed by atoms with van der Waals surface area (Å²) in [6.07, 6.45) is 15.2. The standard InChI is InChI=1S/C30H33N3O5.C29H30N4O6.C27H33N3O6/c1-36-25-13-11-22(12-14-25)31-30(35)32-23-6-5-7-24(18-23)33-19-21(17-29(33)34)20-10-15-27(37-2)28(16-20)38-26-8-3-4-9-26;1-38-26-14-9-19(15-27(26)39-25-7-2-3-8-25)20-16-28(34)32(18-20)24-6-4-5-22(17-24)31-29(35)30-21-10-12-23(13-11-21)33(36)37;1-3-35-26(32)16-28-27(33)29-20-7-6-8-21(15-20)30-17-19(14-25(30)31)18-11-12-23(34-2)24(13-18)36-22-9-4-5-10-22/h5-7,10-16,18,21,26H,3-4,8-9,17,19H2,1-2H3,(H2,31,32,35);4-6,9-15,17,20,25H,2-3,7-8,16,18H2,1H3,(H2,30,31,35);6-8,11-13,15,19,22H,3-5,9-10,14,16-17H2,1-2H3,(H2,28,29,33). The van der Waals surface area contributed by atoms with Gasteiger partial charge < -0.3 is 84.5 Å². The molecule has 6 N–H and O–H groups in total. The summed E-state index contributed by atoms with van der Waals surface area (Å²) in [6, 6.07) is 50.5. The number of ether oxygens (including phenoxy) is 8. The molecule has 6 aliphatic rings. The number of non-ortho nitro benzene ring substituents is 1. The Morgan fingerprint density at radius 2 is 0.743 bits per heavy atom. The van der Waals surface area contributed by atoms with E-state index in [1.54, 1.807) is 117 Å². The number of nitro benzene ring substituents is 1. The van der Waals surface area contributed by atoms with Crippen LogP contribution in [0.2, 0.25) is 0 Å². The molecule has 27 heteroatoms. The molecule has 8 aromatic carbocycles. The molecular formula is C86H96N10O17. The average molecular weight is 1540 g/mol. The number of hydrogen-bond donors (Lipinski definition) is 6. The van der Waals surface area contributed by atoms with Gasteiger partial charge in [-0.1, -0.05) is 36.4 Å². The van der Waals surface area contributed by atoms with E-state index in [0.29, 0.717) is 102 Å². The predicted octanol–water partition coefficient (Wildman–Crippen LogP) is 16.5. The number of anilines is 8. The Kier molecular flexibility index (Phi) is 27.2. The molecule has 0 bridgehead atoms. The van der Waals surface area contributed by atoms with Crippen molar-refractivity contribution in [2.75, 3.05) is 103 Å². The molecule has 6 fully saturated rings. The van der Waals surface area contributed by atoms with Crippen molar-refractivity contribution in [3.05, 3.63) is 203 Å². The smallest absolute Gasteiger partial charge is 0.325 e. The molecule has 3 aliphatic carbocycles. The van der Waals surface area contributed by atoms with Crippen LogP contribution >= 0.6 is 0 Å². The van der Waals surface area contributed by atoms with Crippen molar-refractivity contribution in [1.82, 2.24) is 5.32 Å². The molecule has 3 atom stereocenters. The number of amides is 9. The van der Waals surface area contributed by atoms with Crippen molar-refractivity contribution in [1.29, 1.82) is 0 Å². The number of carbonyl (C=O) groups excluding carboxylic acids is 7. The number of hydrogen-bond acceptors (Lipinski definition) is 17. The van der Waals surface area contributed by atoms with E-state index in [2.05, 4.69) is 31.9 Å². The Morgan fingerprint density at radius 3 is 1.07 bits per heavy atom. The number of nitro groups is 1. The summed E-state index contributed by atoms with van der Waals surface area (Å²) < 4.78 is 45.2. The highest BCUT2D eigenvalue weighted by molar-refractivity contribution is 6.03. The van der Waals surface area contributed by atoms with Gasteiger partial charge in [0.1, 0.15) is 12.3 Å². The fourth-order valence-electron chi connectivity index (χ4n) is 14.9. The van der Waals surface area contributed by atoms with E-state index in [0.717, 1.165) is 78.2 Å². The first-order valence-corrected chi connectivity index (χ1v) is 38.4. The molecule has 27 nitrogen and oxygen atoms in total. The van der Waals surface area contributed by atoms with E-state index in [4.69, 9.17) is 37.9 Å². The molecule has 3 aliphatic heterocycles. The highest BCUT2D eigenvalue weighted by Crippen LogP contribution is 2.43. The summed E-state index contributed by atoms with van der Waals surface area (Å²) in [6.45, 7) is 3.31. The molecule has 113 heavy (non-hydrogen) atoms. The minimum atomic E-state index is -0.529. The number of esters is 1. The molecule has 592 valence electrons. The number of nitrogens with one attached hydrogen (secondary N) is 6. The van der Waals surface area contributed by atoms with E-state index in [9.17, 15) is 43.7 Å². The fourth-order valence-corrected chi connectivity index (χ4v) is 14.9. The highest BCUT2D eigenvalue weighted by atomic mass is 16.6. The lowest BCUT2D eigenvalue weighted by molar-refractivity contribution is -0.384. The average Bonchev–Trinajstić information content (AvgIpc) is 1.70. The van der Waals surface area contributed by atoms with Gasteiger partial charge >= 0.3 is 24.1 Å². The van der Waals surface area contributed by atoms with Crippen LogP contribution in [0.1, 0.15) is 138 Å². The lowest BCUT2D eigenvalue weighted by atomic mass is 9.98. The number of methoxy groups -OCH3 is 4. The van der Waals surface area contributed by atoms with Crippen LogP contribution < -0.4 is 79.8 Å². The van der Waals surface area contributed by atoms with Crippen LogP contribution in [0, 0.1) is 10.1 Å². The SMILES string of the molecule is CCOC(=O)CNC(=O)Nc1cccc(N2CC(c3ccc(OC)c(OC4CCCC4)c3)CC2=O)c1.COc1ccc(C2CC(=O)N(c3cccc(NC(=O)Nc4ccc([N+](=O)[O-])cc4)c3)C2)cc1OC1CCCC1.COc1ccc(NC(=O)Nc2cccc(N3CC(c4ccc(OC)c(OC5CCCC5)c4)CC3=O)c2)cc1. The van der Waals surface area contributed by atoms with Gasteiger partial charge in [-0.2, -0.15) is 0 Å². The molecule has 0 radical (unpaired) electrons. The zero-order chi connectivity index (χ0) is 79.3. The Hall–Kier alpha value is -12.6. The Bertz CT molecular complexity index is 4680. The summed E-state index contributed by atoms with van der Waals surface area (Å²) in [4.78, 5) is 103. The number of rotatable bonds is 25. The Labute approximate surface area is 656 Å². The van der Waals surface area contributed by atoms with E-state index < -0.39 is 23.0 Å². The Balaban J connectivity index is 0.000000157. The quantitative estimate of drug-likeness (QED) is 0.0176. The van der Waals surface area contributed by atoms with Crippen LogP contribution in [-0.2, 0) is 23.9 Å². The van der Waals surface area contributed by atoms with Gasteiger partial charge in [0.2, 0.25) is 17.7 Å². The normalized spacial score (nSPS) is 17.4. The van der Waals surface area contributed by atoms with Gasteiger partial charge in [0.15, 0.2) is 34.5 Å². The molecule has 3 unspecified atom stereocenters. The van der Waals surface area contributed by atoms with Crippen LogP contribution in [0.25, 0.3) is 0 Å². The summed E-state index contributed by atoms with van der Waals surface area (Å²) in [7, 11) is 6.50. The van der Waals surface area contributed by atoms with Crippen molar-refractivity contribution in [2.24, 2.45) is 0 Å². The van der Waals surface area contributed by atoms with Crippen LogP contribution in [0.5, 0.6) is 40.2 Å². The fraction of sp³-hybridized carbons (Fsp3) is 0.360. The number of nitrogens with zero attached hydrogens (tertiary/aromatic N) is 4. The van der Waals surface area contributed by atoms with E-state index in [1.807, 2.05) is 84.9 Å². The summed E-state index contributed by atoms with van der Waals surface area (Å²) in [5, 5.41) is 27.0. The first kappa shape index (κ1) is 80.0. The molecule has 3 saturated carbocycles. The molecule has 0 aromatic heterocycles. The predicted molar refractivity (Wildman–Crippen MR) is 431 cm³/mol. The second kappa shape index (κ2) is 38.4. The maximum atomic E-state index is 13.0. The zero-order valence-electron chi connectivity index (χ0n) is 64.1. The molecule has 3 heterocycles. The van der Waals surface area contributed by atoms with Gasteiger partial charge in [0.05, 0.1) is 58.3 Å². The van der Waals surface area contributed by atoms with E-state index in [1.165, 1.54) is 62.8 Å². The van der Waals surface area contributed by atoms with Crippen molar-refractivity contribution in [3.63, 3.8) is 0 Å². The van der Waals surface area contributed by atoms with Crippen molar-refractivity contribution < 1.29 is 76.4 Å². The van der Waals surface area contributed by atoms with Gasteiger partial charge in [-0.15, -0.1) is 0 Å². The molecule has 14 rings (SSSR count). The lowest BCUT2D eigenvalue weighted by Gasteiger charge is -2.20. The van der Waals surface area contributed by atoms with Gasteiger partial charge in [-0.05, 0) is 228 Å². The molecule has 9 amide bonds. The van der Waals surface area contributed by atoms with Gasteiger partial charge in [-0.3, -0.25) is 29.3 Å². The minimum absolute atomic E-state index is 0.00145. The minimum Gasteiger partial charge on any atom is -0.497 e. The molecular weight excluding hydrogens is 1440 g/mol. The third-order valence-corrected chi connectivity index (χ3v) is 20.8. The van der Waals surface area contributed by atoms with Gasteiger partial charge in [-0.25, -0.2) is 14.4 Å². The largest absolute Gasteiger partial charge is 0.497 e. The Morgan fingerprint density at radius 1 is 0.407 bits per heavy atom. The van der Waals surface area contributed by atoms with Gasteiger partial charge in [0.25, 0.3) is 5.69 Å². The molecule has 0 spiro atoms. The van der Waals surface area contributed by atoms with Crippen LogP contribution in [0.3, 0.4) is 0 Å². The van der Waals surface area contributed by atoms with Crippen molar-refractivity contribution >= 4 is 93.0 Å². The van der Waals surface area contributed by atoms with E-state index >= 15 is 0 Å². The first-order valence-electron chi connectivity index (χ1n) is 38.4. The molecule has 3 saturated heterocycles. The summed E-state index contributed by atoms with van der Waals surface area (Å²) in [5.41, 5.74) is 7.88. The highest BCUT2D eigenvalue weighted by Gasteiger charge is 2.36. The van der Waals surface area contributed by atoms with Crippen molar-refractivity contribution in [3.8, 4) is 40.2 Å². The van der Waals surface area contributed by atoms with E-state index in [-0.39, 0.29) is 78.7 Å². The number of benzene rings is 8. The van der Waals surface area contributed by atoms with Crippen molar-refractivity contribution in [2.45, 2.75) is 139 Å². The van der Waals surface area contributed by atoms with Crippen LogP contribution in [-0.4, -0.2) is 126 Å². The topological polar surface area (TPSA) is 318 Å². The second-order valence-electron chi connectivity index (χ2n) is 28.5. The lowest BCUT2D eigenvalue weighted by Crippen LogP contribution is -2.34. The zero-order valence-corrected chi connectivity index (χ0v) is 64.1. The third kappa shape index (κ3) is 21.5. The second-order valence-corrected chi connectivity index (χ2v) is 28.5. The monoisotopic (exact) mass is 1540 g/mol.